The lowest BCUT2D eigenvalue weighted by Crippen LogP contribution is -1.94. The largest absolute Gasteiger partial charge is 0.507 e. The van der Waals surface area contributed by atoms with Gasteiger partial charge in [-0.25, -0.2) is 4.79 Å². The second kappa shape index (κ2) is 5.35. The van der Waals surface area contributed by atoms with E-state index in [-0.39, 0.29) is 5.75 Å². The Morgan fingerprint density at radius 1 is 1.44 bits per heavy atom. The smallest absolute Gasteiger partial charge is 0.330 e. The first-order valence-corrected chi connectivity index (χ1v) is 5.13. The normalized spacial score (nSPS) is 11.0. The van der Waals surface area contributed by atoms with Crippen LogP contribution in [0.4, 0.5) is 0 Å². The summed E-state index contributed by atoms with van der Waals surface area (Å²) in [5.74, 6) is 0.102. The van der Waals surface area contributed by atoms with Crippen LogP contribution >= 0.6 is 0 Å². The Kier molecular flexibility index (Phi) is 4.11. The Hall–Kier alpha value is -1.77. The number of aromatic hydroxyl groups is 1. The average Bonchev–Trinajstić information content (AvgIpc) is 2.27. The molecule has 0 bridgehead atoms. The van der Waals surface area contributed by atoms with E-state index in [1.54, 1.807) is 12.1 Å². The molecule has 16 heavy (non-hydrogen) atoms. The van der Waals surface area contributed by atoms with Crippen LogP contribution in [0.15, 0.2) is 24.3 Å². The summed E-state index contributed by atoms with van der Waals surface area (Å²) in [7, 11) is 1.32. The van der Waals surface area contributed by atoms with Crippen LogP contribution in [0.3, 0.4) is 0 Å². The Morgan fingerprint density at radius 2 is 2.12 bits per heavy atom. The zero-order valence-electron chi connectivity index (χ0n) is 9.73. The van der Waals surface area contributed by atoms with Crippen LogP contribution in [0.1, 0.15) is 30.9 Å². The lowest BCUT2D eigenvalue weighted by atomic mass is 10.00. The summed E-state index contributed by atoms with van der Waals surface area (Å²) in [6.07, 6.45) is 2.84. The molecule has 3 heteroatoms. The molecule has 86 valence electrons. The van der Waals surface area contributed by atoms with Crippen LogP contribution in [-0.2, 0) is 9.53 Å². The zero-order valence-corrected chi connectivity index (χ0v) is 9.73. The highest BCUT2D eigenvalue weighted by atomic mass is 16.5. The summed E-state index contributed by atoms with van der Waals surface area (Å²) >= 11 is 0. The van der Waals surface area contributed by atoms with Gasteiger partial charge in [0.25, 0.3) is 0 Å². The highest BCUT2D eigenvalue weighted by Gasteiger charge is 2.03. The first kappa shape index (κ1) is 12.3. The van der Waals surface area contributed by atoms with E-state index < -0.39 is 5.97 Å². The maximum absolute atomic E-state index is 10.9. The average molecular weight is 220 g/mol. The van der Waals surface area contributed by atoms with Gasteiger partial charge in [0.2, 0.25) is 0 Å². The van der Waals surface area contributed by atoms with Crippen molar-refractivity contribution in [3.05, 3.63) is 35.4 Å². The third-order valence-electron chi connectivity index (χ3n) is 2.32. The molecule has 0 aliphatic rings. The van der Waals surface area contributed by atoms with Crippen molar-refractivity contribution in [1.82, 2.24) is 0 Å². The van der Waals surface area contributed by atoms with Crippen LogP contribution in [0.5, 0.6) is 5.75 Å². The quantitative estimate of drug-likeness (QED) is 0.629. The van der Waals surface area contributed by atoms with Gasteiger partial charge in [0.05, 0.1) is 7.11 Å². The summed E-state index contributed by atoms with van der Waals surface area (Å²) in [6, 6.07) is 5.36. The molecule has 1 aromatic carbocycles. The topological polar surface area (TPSA) is 46.5 Å². The molecule has 0 saturated carbocycles. The minimum atomic E-state index is -0.436. The minimum Gasteiger partial charge on any atom is -0.507 e. The fraction of sp³-hybridized carbons (Fsp3) is 0.308. The third-order valence-corrected chi connectivity index (χ3v) is 2.32. The maximum atomic E-state index is 10.9. The van der Waals surface area contributed by atoms with Crippen molar-refractivity contribution in [3.63, 3.8) is 0 Å². The first-order chi connectivity index (χ1) is 7.54. The SMILES string of the molecule is COC(=O)/C=C/c1cc(C(C)C)ccc1O. The van der Waals surface area contributed by atoms with Crippen molar-refractivity contribution in [2.45, 2.75) is 19.8 Å². The van der Waals surface area contributed by atoms with Gasteiger partial charge in [-0.1, -0.05) is 19.9 Å². The van der Waals surface area contributed by atoms with Gasteiger partial charge in [0, 0.05) is 11.6 Å². The number of hydrogen-bond donors (Lipinski definition) is 1. The van der Waals surface area contributed by atoms with E-state index in [0.29, 0.717) is 11.5 Å². The number of methoxy groups -OCH3 is 1. The standard InChI is InChI=1S/C13H16O3/c1-9(2)10-4-6-12(14)11(8-10)5-7-13(15)16-3/h4-9,14H,1-3H3/b7-5+. The molecule has 0 fully saturated rings. The molecule has 0 aliphatic heterocycles. The van der Waals surface area contributed by atoms with E-state index in [4.69, 9.17) is 0 Å². The van der Waals surface area contributed by atoms with E-state index in [0.717, 1.165) is 5.56 Å². The summed E-state index contributed by atoms with van der Waals surface area (Å²) < 4.78 is 4.48. The van der Waals surface area contributed by atoms with Crippen LogP contribution in [-0.4, -0.2) is 18.2 Å². The van der Waals surface area contributed by atoms with E-state index in [1.807, 2.05) is 12.1 Å². The predicted molar refractivity (Wildman–Crippen MR) is 63.2 cm³/mol. The highest BCUT2D eigenvalue weighted by molar-refractivity contribution is 5.87. The van der Waals surface area contributed by atoms with E-state index in [9.17, 15) is 9.90 Å². The molecule has 0 aliphatic carbocycles. The van der Waals surface area contributed by atoms with Crippen molar-refractivity contribution in [2.24, 2.45) is 0 Å². The fourth-order valence-electron chi connectivity index (χ4n) is 1.29. The van der Waals surface area contributed by atoms with Crippen molar-refractivity contribution in [1.29, 1.82) is 0 Å². The molecule has 1 N–H and O–H groups in total. The molecule has 0 unspecified atom stereocenters. The summed E-state index contributed by atoms with van der Waals surface area (Å²) in [5, 5.41) is 9.60. The first-order valence-electron chi connectivity index (χ1n) is 5.13. The van der Waals surface area contributed by atoms with Gasteiger partial charge in [-0.2, -0.15) is 0 Å². The van der Waals surface area contributed by atoms with E-state index >= 15 is 0 Å². The highest BCUT2D eigenvalue weighted by Crippen LogP contribution is 2.24. The molecule has 0 heterocycles. The van der Waals surface area contributed by atoms with Crippen molar-refractivity contribution in [3.8, 4) is 5.75 Å². The Labute approximate surface area is 95.4 Å². The maximum Gasteiger partial charge on any atom is 0.330 e. The number of phenols is 1. The molecule has 1 rings (SSSR count). The monoisotopic (exact) mass is 220 g/mol. The van der Waals surface area contributed by atoms with Gasteiger partial charge in [-0.3, -0.25) is 0 Å². The number of esters is 1. The van der Waals surface area contributed by atoms with Crippen LogP contribution in [0.25, 0.3) is 6.08 Å². The zero-order chi connectivity index (χ0) is 12.1. The van der Waals surface area contributed by atoms with Gasteiger partial charge in [0.15, 0.2) is 0 Å². The molecular weight excluding hydrogens is 204 g/mol. The fourth-order valence-corrected chi connectivity index (χ4v) is 1.29. The molecule has 1 aromatic rings. The van der Waals surface area contributed by atoms with E-state index in [2.05, 4.69) is 18.6 Å². The van der Waals surface area contributed by atoms with Crippen LogP contribution < -0.4 is 0 Å². The van der Waals surface area contributed by atoms with Gasteiger partial charge >= 0.3 is 5.97 Å². The molecule has 0 saturated heterocycles. The number of carbonyl (C=O) groups excluding carboxylic acids is 1. The summed E-state index contributed by atoms with van der Waals surface area (Å²) in [6.45, 7) is 4.14. The van der Waals surface area contributed by atoms with Gasteiger partial charge in [0.1, 0.15) is 5.75 Å². The second-order valence-corrected chi connectivity index (χ2v) is 3.83. The number of hydrogen-bond acceptors (Lipinski definition) is 3. The second-order valence-electron chi connectivity index (χ2n) is 3.83. The molecule has 0 aromatic heterocycles. The number of phenolic OH excluding ortho intramolecular Hbond substituents is 1. The number of rotatable bonds is 3. The number of ether oxygens (including phenoxy) is 1. The number of benzene rings is 1. The van der Waals surface area contributed by atoms with Gasteiger partial charge < -0.3 is 9.84 Å². The lowest BCUT2D eigenvalue weighted by Gasteiger charge is -2.07. The lowest BCUT2D eigenvalue weighted by molar-refractivity contribution is -0.134. The molecule has 0 amide bonds. The van der Waals surface area contributed by atoms with Gasteiger partial charge in [-0.15, -0.1) is 0 Å². The molecule has 0 atom stereocenters. The Morgan fingerprint density at radius 3 is 2.69 bits per heavy atom. The Balaban J connectivity index is 2.98. The van der Waals surface area contributed by atoms with Crippen LogP contribution in [0.2, 0.25) is 0 Å². The van der Waals surface area contributed by atoms with E-state index in [1.165, 1.54) is 13.2 Å². The van der Waals surface area contributed by atoms with Crippen molar-refractivity contribution >= 4 is 12.0 Å². The van der Waals surface area contributed by atoms with Crippen molar-refractivity contribution in [2.75, 3.05) is 7.11 Å². The molecule has 3 nitrogen and oxygen atoms in total. The molecular formula is C13H16O3. The minimum absolute atomic E-state index is 0.157. The molecule has 0 radical (unpaired) electrons. The molecule has 0 spiro atoms. The van der Waals surface area contributed by atoms with Gasteiger partial charge in [-0.05, 0) is 29.7 Å². The Bertz CT molecular complexity index is 406. The van der Waals surface area contributed by atoms with Crippen molar-refractivity contribution < 1.29 is 14.6 Å². The summed E-state index contributed by atoms with van der Waals surface area (Å²) in [5.41, 5.74) is 1.74. The predicted octanol–water partition coefficient (Wildman–Crippen LogP) is 2.70. The third kappa shape index (κ3) is 3.12. The summed E-state index contributed by atoms with van der Waals surface area (Å²) in [4.78, 5) is 10.9. The number of carbonyl (C=O) groups is 1. The van der Waals surface area contributed by atoms with Crippen LogP contribution in [0, 0.1) is 0 Å².